The molecule has 0 aromatic carbocycles. The minimum atomic E-state index is -1.63. The van der Waals surface area contributed by atoms with Gasteiger partial charge in [0.15, 0.2) is 12.4 Å². The van der Waals surface area contributed by atoms with Crippen LogP contribution >= 0.6 is 0 Å². The molecule has 386 valence electrons. The average molecular weight is 940 g/mol. The largest absolute Gasteiger partial charge is 0.545 e. The number of likely N-dealkylation sites (N-methyl/N-ethyl adjacent to an activating group) is 1. The van der Waals surface area contributed by atoms with Crippen molar-refractivity contribution < 1.29 is 42.9 Å². The van der Waals surface area contributed by atoms with E-state index < -0.39 is 24.3 Å². The van der Waals surface area contributed by atoms with Gasteiger partial charge in [0.2, 0.25) is 0 Å². The molecule has 2 unspecified atom stereocenters. The van der Waals surface area contributed by atoms with Crippen molar-refractivity contribution in [1.82, 2.24) is 0 Å². The highest BCUT2D eigenvalue weighted by Crippen LogP contribution is 2.15. The number of nitrogens with zero attached hydrogens (tertiary/aromatic N) is 1. The lowest BCUT2D eigenvalue weighted by atomic mass is 10.1. The lowest BCUT2D eigenvalue weighted by molar-refractivity contribution is -0.870. The molecule has 9 heteroatoms. The maximum atomic E-state index is 12.8. The van der Waals surface area contributed by atoms with Crippen LogP contribution in [0.1, 0.15) is 219 Å². The number of hydrogen-bond donors (Lipinski definition) is 0. The lowest BCUT2D eigenvalue weighted by Crippen LogP contribution is -2.44. The molecule has 0 saturated carbocycles. The van der Waals surface area contributed by atoms with Gasteiger partial charge in [-0.05, 0) is 83.5 Å². The number of unbranched alkanes of at least 4 members (excludes halogenated alkanes) is 22. The number of carbonyl (C=O) groups is 3. The summed E-state index contributed by atoms with van der Waals surface area (Å²) in [6, 6.07) is 0. The molecular weight excluding hydrogens is 839 g/mol. The van der Waals surface area contributed by atoms with E-state index in [0.717, 1.165) is 77.0 Å². The number of aliphatic carboxylic acids is 1. The molecule has 67 heavy (non-hydrogen) atoms. The Morgan fingerprint density at radius 1 is 0.463 bits per heavy atom. The van der Waals surface area contributed by atoms with Crippen LogP contribution in [0.5, 0.6) is 0 Å². The van der Waals surface area contributed by atoms with Crippen LogP contribution in [0.15, 0.2) is 72.9 Å². The SMILES string of the molecule is CC/C=C\C/C=C\C/C=C\C/C=C\C/C=C\CCCCCCCCCC(=O)OC(COC(=O)CCCCCCCCCCC/C=C\CCCCCCCC)COC(OCC[N+](C)(C)C)C(=O)[O-]. The van der Waals surface area contributed by atoms with Crippen molar-refractivity contribution in [1.29, 1.82) is 0 Å². The molecule has 0 bridgehead atoms. The van der Waals surface area contributed by atoms with Crippen LogP contribution in [-0.2, 0) is 33.3 Å². The summed E-state index contributed by atoms with van der Waals surface area (Å²) >= 11 is 0. The molecule has 0 saturated heterocycles. The zero-order valence-electron chi connectivity index (χ0n) is 43.8. The van der Waals surface area contributed by atoms with Gasteiger partial charge in [0.1, 0.15) is 13.2 Å². The van der Waals surface area contributed by atoms with Crippen molar-refractivity contribution in [2.45, 2.75) is 232 Å². The van der Waals surface area contributed by atoms with Crippen LogP contribution < -0.4 is 5.11 Å². The van der Waals surface area contributed by atoms with E-state index in [4.69, 9.17) is 18.9 Å². The van der Waals surface area contributed by atoms with Gasteiger partial charge in [0.05, 0.1) is 40.3 Å². The summed E-state index contributed by atoms with van der Waals surface area (Å²) in [6.07, 6.45) is 59.3. The summed E-state index contributed by atoms with van der Waals surface area (Å²) in [5, 5.41) is 11.8. The smallest absolute Gasteiger partial charge is 0.306 e. The van der Waals surface area contributed by atoms with Gasteiger partial charge >= 0.3 is 11.9 Å². The molecule has 0 spiro atoms. The fourth-order valence-corrected chi connectivity index (χ4v) is 7.26. The maximum Gasteiger partial charge on any atom is 0.306 e. The summed E-state index contributed by atoms with van der Waals surface area (Å²) in [6.45, 7) is 4.62. The van der Waals surface area contributed by atoms with Crippen molar-refractivity contribution in [2.24, 2.45) is 0 Å². The summed E-state index contributed by atoms with van der Waals surface area (Å²) in [5.41, 5.74) is 0. The molecule has 0 aromatic heterocycles. The van der Waals surface area contributed by atoms with Gasteiger partial charge in [-0.15, -0.1) is 0 Å². The normalized spacial score (nSPS) is 13.4. The Hall–Kier alpha value is -3.27. The van der Waals surface area contributed by atoms with E-state index in [0.29, 0.717) is 17.4 Å². The topological polar surface area (TPSA) is 111 Å². The number of ether oxygens (including phenoxy) is 4. The predicted molar refractivity (Wildman–Crippen MR) is 278 cm³/mol. The first-order chi connectivity index (χ1) is 32.6. The first kappa shape index (κ1) is 63.7. The highest BCUT2D eigenvalue weighted by molar-refractivity contribution is 5.70. The van der Waals surface area contributed by atoms with Crippen LogP contribution in [-0.4, -0.2) is 82.3 Å². The van der Waals surface area contributed by atoms with Gasteiger partial charge in [-0.2, -0.15) is 0 Å². The van der Waals surface area contributed by atoms with E-state index >= 15 is 0 Å². The van der Waals surface area contributed by atoms with E-state index in [2.05, 4.69) is 86.8 Å². The van der Waals surface area contributed by atoms with Gasteiger partial charge in [-0.3, -0.25) is 9.59 Å². The van der Waals surface area contributed by atoms with Crippen LogP contribution in [0.2, 0.25) is 0 Å². The number of rotatable bonds is 49. The predicted octanol–water partition coefficient (Wildman–Crippen LogP) is 14.1. The molecule has 9 nitrogen and oxygen atoms in total. The van der Waals surface area contributed by atoms with E-state index in [1.165, 1.54) is 109 Å². The van der Waals surface area contributed by atoms with Crippen molar-refractivity contribution in [3.05, 3.63) is 72.9 Å². The first-order valence-electron chi connectivity index (χ1n) is 27.1. The van der Waals surface area contributed by atoms with Crippen LogP contribution in [0.25, 0.3) is 0 Å². The van der Waals surface area contributed by atoms with Crippen LogP contribution in [0, 0.1) is 0 Å². The number of carboxylic acid groups (broad SMARTS) is 1. The Balaban J connectivity index is 4.34. The molecule has 0 radical (unpaired) electrons. The summed E-state index contributed by atoms with van der Waals surface area (Å²) < 4.78 is 22.7. The van der Waals surface area contributed by atoms with E-state index in [9.17, 15) is 19.5 Å². The van der Waals surface area contributed by atoms with Gasteiger partial charge in [0, 0.05) is 12.8 Å². The lowest BCUT2D eigenvalue weighted by Gasteiger charge is -2.26. The van der Waals surface area contributed by atoms with Crippen LogP contribution in [0.3, 0.4) is 0 Å². The molecular formula is C58H101NO8. The summed E-state index contributed by atoms with van der Waals surface area (Å²) in [7, 11) is 5.91. The fourth-order valence-electron chi connectivity index (χ4n) is 7.26. The number of allylic oxidation sites excluding steroid dienone is 12. The second-order valence-corrected chi connectivity index (χ2v) is 19.1. The van der Waals surface area contributed by atoms with Gasteiger partial charge in [-0.25, -0.2) is 0 Å². The van der Waals surface area contributed by atoms with Crippen molar-refractivity contribution in [3.8, 4) is 0 Å². The third kappa shape index (κ3) is 50.4. The number of esters is 2. The quantitative estimate of drug-likeness (QED) is 0.0195. The first-order valence-corrected chi connectivity index (χ1v) is 27.1. The Morgan fingerprint density at radius 3 is 1.28 bits per heavy atom. The third-order valence-electron chi connectivity index (χ3n) is 11.4. The van der Waals surface area contributed by atoms with Gasteiger partial charge in [-0.1, -0.05) is 196 Å². The van der Waals surface area contributed by atoms with E-state index in [-0.39, 0.29) is 38.6 Å². The zero-order chi connectivity index (χ0) is 49.2. The molecule has 0 aliphatic heterocycles. The molecule has 0 aliphatic carbocycles. The number of carboxylic acids is 1. The molecule has 0 heterocycles. The second-order valence-electron chi connectivity index (χ2n) is 19.1. The minimum absolute atomic E-state index is 0.142. The zero-order valence-corrected chi connectivity index (χ0v) is 43.8. The minimum Gasteiger partial charge on any atom is -0.545 e. The average Bonchev–Trinajstić information content (AvgIpc) is 3.29. The molecule has 2 atom stereocenters. The standard InChI is InChI=1S/C58H101NO8/c1-6-8-10-12-14-16-18-20-22-24-26-27-28-29-31-33-35-37-39-41-43-45-47-49-56(61)67-54(53-66-58(57(62)63)64-51-50-59(3,4)5)52-65-55(60)48-46-44-42-40-38-36-34-32-30-25-23-21-19-17-15-13-11-9-7-2/h8,10,14,16,20-23,26-27,29,31,54,58H,6-7,9,11-13,15,17-19,24-25,28,30,32-53H2,1-5H3/b10-8-,16-14-,22-20-,23-21-,27-26-,31-29-. The van der Waals surface area contributed by atoms with Crippen molar-refractivity contribution in [2.75, 3.05) is 47.5 Å². The molecule has 0 aliphatic rings. The molecule has 0 amide bonds. The Labute approximate surface area is 411 Å². The Morgan fingerprint density at radius 2 is 0.851 bits per heavy atom. The molecule has 0 N–H and O–H groups in total. The van der Waals surface area contributed by atoms with E-state index in [1.807, 2.05) is 21.1 Å². The van der Waals surface area contributed by atoms with Crippen LogP contribution in [0.4, 0.5) is 0 Å². The molecule has 0 fully saturated rings. The van der Waals surface area contributed by atoms with Gasteiger partial charge < -0.3 is 33.3 Å². The number of hydrogen-bond acceptors (Lipinski definition) is 8. The molecule has 0 rings (SSSR count). The highest BCUT2D eigenvalue weighted by atomic mass is 16.7. The summed E-state index contributed by atoms with van der Waals surface area (Å²) in [4.78, 5) is 37.2. The van der Waals surface area contributed by atoms with Gasteiger partial charge in [0.25, 0.3) is 0 Å². The fraction of sp³-hybridized carbons (Fsp3) is 0.741. The monoisotopic (exact) mass is 940 g/mol. The maximum absolute atomic E-state index is 12.8. The second kappa shape index (κ2) is 49.2. The third-order valence-corrected chi connectivity index (χ3v) is 11.4. The number of carbonyl (C=O) groups excluding carboxylic acids is 3. The Kier molecular flexibility index (Phi) is 46.8. The van der Waals surface area contributed by atoms with E-state index in [1.54, 1.807) is 0 Å². The number of quaternary nitrogens is 1. The molecule has 0 aromatic rings. The highest BCUT2D eigenvalue weighted by Gasteiger charge is 2.22. The summed E-state index contributed by atoms with van der Waals surface area (Å²) in [5.74, 6) is -2.30. The Bertz CT molecular complexity index is 1330. The van der Waals surface area contributed by atoms with Crippen molar-refractivity contribution >= 4 is 17.9 Å². The van der Waals surface area contributed by atoms with Crippen molar-refractivity contribution in [3.63, 3.8) is 0 Å².